The minimum atomic E-state index is 0.176. The summed E-state index contributed by atoms with van der Waals surface area (Å²) in [5, 5.41) is 0. The molecule has 0 fully saturated rings. The summed E-state index contributed by atoms with van der Waals surface area (Å²) < 4.78 is 5.73. The molecule has 108 valence electrons. The van der Waals surface area contributed by atoms with Crippen LogP contribution in [-0.4, -0.2) is 12.4 Å². The van der Waals surface area contributed by atoms with Crippen molar-refractivity contribution in [1.29, 1.82) is 0 Å². The minimum absolute atomic E-state index is 0.176. The van der Waals surface area contributed by atoms with Gasteiger partial charge in [0.2, 0.25) is 0 Å². The number of carbonyl (C=O) groups is 1. The highest BCUT2D eigenvalue weighted by Gasteiger charge is 2.18. The molecule has 0 spiro atoms. The van der Waals surface area contributed by atoms with E-state index in [1.165, 1.54) is 16.7 Å². The lowest BCUT2D eigenvalue weighted by atomic mass is 9.97. The van der Waals surface area contributed by atoms with Gasteiger partial charge in [0.1, 0.15) is 5.75 Å². The summed E-state index contributed by atoms with van der Waals surface area (Å²) in [6, 6.07) is 14.3. The number of para-hydroxylation sites is 1. The number of carbonyl (C=O) groups excluding carboxylic acids is 1. The van der Waals surface area contributed by atoms with Gasteiger partial charge in [0.15, 0.2) is 5.78 Å². The average Bonchev–Trinajstić information content (AvgIpc) is 2.52. The summed E-state index contributed by atoms with van der Waals surface area (Å²) in [6.45, 7) is 2.79. The van der Waals surface area contributed by atoms with E-state index in [0.29, 0.717) is 6.42 Å². The topological polar surface area (TPSA) is 26.3 Å². The van der Waals surface area contributed by atoms with Crippen molar-refractivity contribution >= 4 is 5.78 Å². The van der Waals surface area contributed by atoms with E-state index in [2.05, 4.69) is 31.2 Å². The number of fused-ring (bicyclic) bond motifs is 1. The van der Waals surface area contributed by atoms with Crippen LogP contribution < -0.4 is 4.74 Å². The van der Waals surface area contributed by atoms with E-state index >= 15 is 0 Å². The van der Waals surface area contributed by atoms with Crippen LogP contribution in [0.1, 0.15) is 39.9 Å². The molecular weight excluding hydrogens is 260 g/mol. The van der Waals surface area contributed by atoms with Crippen LogP contribution in [0, 0.1) is 6.92 Å². The fraction of sp³-hybridized carbons (Fsp3) is 0.316. The Balaban J connectivity index is 1.74. The van der Waals surface area contributed by atoms with E-state index in [9.17, 15) is 4.79 Å². The zero-order valence-corrected chi connectivity index (χ0v) is 12.4. The zero-order valence-electron chi connectivity index (χ0n) is 12.4. The molecule has 2 aromatic rings. The molecule has 0 bridgehead atoms. The third kappa shape index (κ3) is 3.15. The van der Waals surface area contributed by atoms with Crippen LogP contribution in [0.2, 0.25) is 0 Å². The molecule has 0 atom stereocenters. The molecule has 3 rings (SSSR count). The Morgan fingerprint density at radius 1 is 1.19 bits per heavy atom. The molecule has 1 heterocycles. The van der Waals surface area contributed by atoms with Gasteiger partial charge in [-0.2, -0.15) is 0 Å². The van der Waals surface area contributed by atoms with Crippen LogP contribution in [0.15, 0.2) is 42.5 Å². The van der Waals surface area contributed by atoms with Crippen molar-refractivity contribution in [3.63, 3.8) is 0 Å². The number of Topliss-reactive ketones (excluding diaryl/α,β-unsaturated/α-hetero) is 1. The largest absolute Gasteiger partial charge is 0.493 e. The van der Waals surface area contributed by atoms with Gasteiger partial charge in [-0.1, -0.05) is 42.0 Å². The first-order valence-corrected chi connectivity index (χ1v) is 7.57. The molecule has 0 amide bonds. The van der Waals surface area contributed by atoms with Crippen LogP contribution >= 0.6 is 0 Å². The quantitative estimate of drug-likeness (QED) is 0.787. The maximum absolute atomic E-state index is 12.5. The first-order valence-electron chi connectivity index (χ1n) is 7.57. The number of aryl methyl sites for hydroxylation is 3. The van der Waals surface area contributed by atoms with Gasteiger partial charge in [-0.3, -0.25) is 4.79 Å². The number of ether oxygens (including phenoxy) is 1. The van der Waals surface area contributed by atoms with Gasteiger partial charge in [0.25, 0.3) is 0 Å². The molecule has 0 saturated carbocycles. The van der Waals surface area contributed by atoms with E-state index in [0.717, 1.165) is 37.2 Å². The van der Waals surface area contributed by atoms with E-state index in [-0.39, 0.29) is 5.78 Å². The first kappa shape index (κ1) is 13.9. The van der Waals surface area contributed by atoms with Crippen molar-refractivity contribution in [2.45, 2.75) is 32.6 Å². The lowest BCUT2D eigenvalue weighted by Gasteiger charge is -2.19. The van der Waals surface area contributed by atoms with Crippen molar-refractivity contribution in [3.8, 4) is 5.75 Å². The third-order valence-electron chi connectivity index (χ3n) is 3.96. The highest BCUT2D eigenvalue weighted by Crippen LogP contribution is 2.30. The Morgan fingerprint density at radius 3 is 2.90 bits per heavy atom. The Kier molecular flexibility index (Phi) is 4.05. The zero-order chi connectivity index (χ0) is 14.7. The average molecular weight is 280 g/mol. The number of benzene rings is 2. The summed E-state index contributed by atoms with van der Waals surface area (Å²) in [5.41, 5.74) is 4.37. The molecule has 2 heteroatoms. The summed E-state index contributed by atoms with van der Waals surface area (Å²) in [4.78, 5) is 12.5. The minimum Gasteiger partial charge on any atom is -0.493 e. The second-order valence-corrected chi connectivity index (χ2v) is 5.66. The number of hydrogen-bond acceptors (Lipinski definition) is 2. The summed E-state index contributed by atoms with van der Waals surface area (Å²) in [6.07, 6.45) is 3.36. The molecule has 0 unspecified atom stereocenters. The highest BCUT2D eigenvalue weighted by molar-refractivity contribution is 5.99. The Bertz CT molecular complexity index is 658. The van der Waals surface area contributed by atoms with Gasteiger partial charge in [-0.05, 0) is 43.4 Å². The maximum atomic E-state index is 12.5. The predicted molar refractivity (Wildman–Crippen MR) is 84.1 cm³/mol. The van der Waals surface area contributed by atoms with Crippen LogP contribution in [0.3, 0.4) is 0 Å². The van der Waals surface area contributed by atoms with Gasteiger partial charge >= 0.3 is 0 Å². The summed E-state index contributed by atoms with van der Waals surface area (Å²) in [5.74, 6) is 0.994. The smallest absolute Gasteiger partial charge is 0.166 e. The van der Waals surface area contributed by atoms with Crippen LogP contribution in [-0.2, 0) is 12.8 Å². The second kappa shape index (κ2) is 6.13. The highest BCUT2D eigenvalue weighted by atomic mass is 16.5. The molecule has 1 aliphatic heterocycles. The van der Waals surface area contributed by atoms with Crippen molar-refractivity contribution in [2.24, 2.45) is 0 Å². The van der Waals surface area contributed by atoms with Gasteiger partial charge in [0, 0.05) is 6.42 Å². The Morgan fingerprint density at radius 2 is 2.05 bits per heavy atom. The standard InChI is InChI=1S/C19H20O2/c1-14-5-2-6-15(13-14)10-11-18(20)17-9-3-7-16-8-4-12-21-19(16)17/h2-3,5-7,9,13H,4,8,10-12H2,1H3. The number of rotatable bonds is 4. The molecule has 0 aliphatic carbocycles. The SMILES string of the molecule is Cc1cccc(CCC(=O)c2cccc3c2OCCC3)c1. The lowest BCUT2D eigenvalue weighted by molar-refractivity contribution is 0.0978. The fourth-order valence-electron chi connectivity index (χ4n) is 2.87. The molecule has 1 aliphatic rings. The first-order chi connectivity index (χ1) is 10.2. The second-order valence-electron chi connectivity index (χ2n) is 5.66. The normalized spacial score (nSPS) is 13.4. The lowest BCUT2D eigenvalue weighted by Crippen LogP contribution is -2.13. The molecule has 0 radical (unpaired) electrons. The fourth-order valence-corrected chi connectivity index (χ4v) is 2.87. The van der Waals surface area contributed by atoms with E-state index in [1.807, 2.05) is 18.2 Å². The van der Waals surface area contributed by atoms with Crippen molar-refractivity contribution in [3.05, 3.63) is 64.7 Å². The monoisotopic (exact) mass is 280 g/mol. The number of ketones is 1. The van der Waals surface area contributed by atoms with Gasteiger partial charge in [-0.25, -0.2) is 0 Å². The van der Waals surface area contributed by atoms with Gasteiger partial charge in [-0.15, -0.1) is 0 Å². The van der Waals surface area contributed by atoms with Gasteiger partial charge in [0.05, 0.1) is 12.2 Å². The summed E-state index contributed by atoms with van der Waals surface area (Å²) in [7, 11) is 0. The van der Waals surface area contributed by atoms with E-state index in [4.69, 9.17) is 4.74 Å². The molecular formula is C19H20O2. The van der Waals surface area contributed by atoms with E-state index in [1.54, 1.807) is 0 Å². The van der Waals surface area contributed by atoms with Crippen LogP contribution in [0.5, 0.6) is 5.75 Å². The number of hydrogen-bond donors (Lipinski definition) is 0. The van der Waals surface area contributed by atoms with Crippen molar-refractivity contribution in [1.82, 2.24) is 0 Å². The van der Waals surface area contributed by atoms with E-state index < -0.39 is 0 Å². The molecule has 0 saturated heterocycles. The Hall–Kier alpha value is -2.09. The molecule has 2 nitrogen and oxygen atoms in total. The van der Waals surface area contributed by atoms with Crippen LogP contribution in [0.25, 0.3) is 0 Å². The molecule has 2 aromatic carbocycles. The van der Waals surface area contributed by atoms with Crippen LogP contribution in [0.4, 0.5) is 0 Å². The van der Waals surface area contributed by atoms with Crippen molar-refractivity contribution < 1.29 is 9.53 Å². The molecule has 21 heavy (non-hydrogen) atoms. The van der Waals surface area contributed by atoms with Crippen molar-refractivity contribution in [2.75, 3.05) is 6.61 Å². The maximum Gasteiger partial charge on any atom is 0.166 e. The Labute approximate surface area is 125 Å². The predicted octanol–water partition coefficient (Wildman–Crippen LogP) is 4.14. The van der Waals surface area contributed by atoms with Gasteiger partial charge < -0.3 is 4.74 Å². The molecule has 0 aromatic heterocycles. The molecule has 0 N–H and O–H groups in total. The summed E-state index contributed by atoms with van der Waals surface area (Å²) >= 11 is 0. The third-order valence-corrected chi connectivity index (χ3v) is 3.96.